The number of aromatic hydroxyl groups is 1. The number of phenols is 1. The average Bonchev–Trinajstić information content (AvgIpc) is 3.33. The van der Waals surface area contributed by atoms with E-state index in [0.29, 0.717) is 35.9 Å². The molecule has 0 radical (unpaired) electrons. The van der Waals surface area contributed by atoms with E-state index in [1.54, 1.807) is 41.3 Å². The van der Waals surface area contributed by atoms with Crippen LogP contribution in [0.25, 0.3) is 10.9 Å². The van der Waals surface area contributed by atoms with Crippen LogP contribution >= 0.6 is 11.6 Å². The van der Waals surface area contributed by atoms with Gasteiger partial charge in [-0.1, -0.05) is 30.7 Å². The molecule has 2 heterocycles. The maximum Gasteiger partial charge on any atom is 0.416 e. The maximum atomic E-state index is 13.4. The smallest absolute Gasteiger partial charge is 0.416 e. The summed E-state index contributed by atoms with van der Waals surface area (Å²) in [5, 5.41) is 31.0. The third-order valence-corrected chi connectivity index (χ3v) is 7.78. The van der Waals surface area contributed by atoms with E-state index in [2.05, 4.69) is 4.98 Å². The molecule has 9 heteroatoms. The first-order chi connectivity index (χ1) is 18.9. The molecule has 0 bridgehead atoms. The molecule has 5 rings (SSSR count). The predicted octanol–water partition coefficient (Wildman–Crippen LogP) is 5.43. The fourth-order valence-corrected chi connectivity index (χ4v) is 5.06. The van der Waals surface area contributed by atoms with Crippen LogP contribution in [-0.2, 0) is 6.42 Å². The second kappa shape index (κ2) is 11.2. The topological polar surface area (TPSA) is 115 Å². The number of carbonyl (C=O) groups is 1. The highest BCUT2D eigenvalue weighted by atomic mass is 35.5. The summed E-state index contributed by atoms with van der Waals surface area (Å²) in [6, 6.07) is 18.8. The number of nitrogens with zero attached hydrogens (tertiary/aromatic N) is 1. The third kappa shape index (κ3) is 5.41. The molecule has 4 N–H and O–H groups in total. The Morgan fingerprint density at radius 1 is 1.05 bits per heavy atom. The van der Waals surface area contributed by atoms with Crippen LogP contribution < -0.4 is 9.47 Å². The Labute approximate surface area is 231 Å². The van der Waals surface area contributed by atoms with Gasteiger partial charge in [-0.15, -0.1) is 0 Å². The lowest BCUT2D eigenvalue weighted by molar-refractivity contribution is 0.0114. The Bertz CT molecular complexity index is 1440. The summed E-state index contributed by atoms with van der Waals surface area (Å²) in [5.74, 6) is 1.17. The zero-order chi connectivity index (χ0) is 27.6. The molecule has 1 aliphatic rings. The molecule has 3 aromatic carbocycles. The van der Waals surface area contributed by atoms with Crippen LogP contribution in [0.1, 0.15) is 36.2 Å². The van der Waals surface area contributed by atoms with E-state index in [0.717, 1.165) is 27.7 Å². The van der Waals surface area contributed by atoms with Crippen molar-refractivity contribution < 1.29 is 29.6 Å². The van der Waals surface area contributed by atoms with Gasteiger partial charge in [0.05, 0.1) is 25.2 Å². The first kappa shape index (κ1) is 26.9. The van der Waals surface area contributed by atoms with E-state index in [4.69, 9.17) is 21.1 Å². The number of halogens is 1. The molecule has 8 nitrogen and oxygen atoms in total. The standard InChI is InChI=1S/C30H31ClN2O6/c1-2-30(16-34,17-35)18-38-22-8-3-19(4-9-22)28-27-24(25-15-21(36)7-12-26(25)32-27)13-14-33(28)29(37)39-23-10-5-20(31)6-11-23/h3-12,15,28,32,34-36H,2,13-14,16-18H2,1H3. The summed E-state index contributed by atoms with van der Waals surface area (Å²) in [5.41, 5.74) is 2.90. The number of aliphatic hydroxyl groups excluding tert-OH is 2. The first-order valence-electron chi connectivity index (χ1n) is 12.9. The highest BCUT2D eigenvalue weighted by Gasteiger charge is 2.36. The van der Waals surface area contributed by atoms with Crippen molar-refractivity contribution in [1.29, 1.82) is 0 Å². The number of carbonyl (C=O) groups excluding carboxylic acids is 1. The van der Waals surface area contributed by atoms with E-state index in [9.17, 15) is 20.1 Å². The van der Waals surface area contributed by atoms with Gasteiger partial charge in [-0.05, 0) is 78.6 Å². The molecule has 4 aromatic rings. The van der Waals surface area contributed by atoms with E-state index >= 15 is 0 Å². The molecule has 0 aliphatic carbocycles. The molecule has 0 fully saturated rings. The number of benzene rings is 3. The van der Waals surface area contributed by atoms with Gasteiger partial charge in [0, 0.05) is 28.2 Å². The zero-order valence-electron chi connectivity index (χ0n) is 21.6. The second-order valence-electron chi connectivity index (χ2n) is 9.94. The lowest BCUT2D eigenvalue weighted by atomic mass is 9.88. The van der Waals surface area contributed by atoms with Crippen molar-refractivity contribution in [2.24, 2.45) is 5.41 Å². The molecule has 39 heavy (non-hydrogen) atoms. The number of rotatable bonds is 8. The number of amides is 1. The highest BCUT2D eigenvalue weighted by Crippen LogP contribution is 2.40. The summed E-state index contributed by atoms with van der Waals surface area (Å²) in [6.07, 6.45) is 0.672. The minimum atomic E-state index is -0.713. The van der Waals surface area contributed by atoms with Crippen molar-refractivity contribution >= 4 is 28.6 Å². The summed E-state index contributed by atoms with van der Waals surface area (Å²) in [7, 11) is 0. The van der Waals surface area contributed by atoms with Gasteiger partial charge >= 0.3 is 6.09 Å². The van der Waals surface area contributed by atoms with Crippen LogP contribution in [0.3, 0.4) is 0 Å². The summed E-state index contributed by atoms with van der Waals surface area (Å²) < 4.78 is 11.6. The van der Waals surface area contributed by atoms with Crippen LogP contribution in [-0.4, -0.2) is 57.7 Å². The monoisotopic (exact) mass is 550 g/mol. The van der Waals surface area contributed by atoms with Crippen molar-refractivity contribution in [3.05, 3.63) is 88.6 Å². The lowest BCUT2D eigenvalue weighted by Gasteiger charge is -2.35. The largest absolute Gasteiger partial charge is 0.508 e. The van der Waals surface area contributed by atoms with Crippen LogP contribution in [0.15, 0.2) is 66.7 Å². The van der Waals surface area contributed by atoms with Crippen LogP contribution in [0, 0.1) is 5.41 Å². The van der Waals surface area contributed by atoms with Gasteiger partial charge in [0.2, 0.25) is 0 Å². The SMILES string of the molecule is CCC(CO)(CO)COc1ccc(C2c3[nH]c4ccc(O)cc4c3CCN2C(=O)Oc2ccc(Cl)cc2)cc1. The number of hydrogen-bond donors (Lipinski definition) is 4. The number of aromatic amines is 1. The number of nitrogens with one attached hydrogen (secondary N) is 1. The Morgan fingerprint density at radius 2 is 1.74 bits per heavy atom. The lowest BCUT2D eigenvalue weighted by Crippen LogP contribution is -2.42. The molecule has 1 amide bonds. The fourth-order valence-electron chi connectivity index (χ4n) is 4.93. The Balaban J connectivity index is 1.47. The minimum absolute atomic E-state index is 0.175. The highest BCUT2D eigenvalue weighted by molar-refractivity contribution is 6.30. The Morgan fingerprint density at radius 3 is 2.41 bits per heavy atom. The van der Waals surface area contributed by atoms with Gasteiger partial charge in [-0.2, -0.15) is 0 Å². The number of ether oxygens (including phenoxy) is 2. The van der Waals surface area contributed by atoms with E-state index < -0.39 is 17.6 Å². The van der Waals surface area contributed by atoms with Crippen molar-refractivity contribution in [3.8, 4) is 17.2 Å². The molecule has 1 atom stereocenters. The van der Waals surface area contributed by atoms with Gasteiger partial charge in [0.25, 0.3) is 0 Å². The summed E-state index contributed by atoms with van der Waals surface area (Å²) in [4.78, 5) is 18.6. The normalized spacial score (nSPS) is 15.3. The number of hydrogen-bond acceptors (Lipinski definition) is 6. The molecule has 1 aliphatic heterocycles. The number of phenolic OH excluding ortho intramolecular Hbond substituents is 1. The third-order valence-electron chi connectivity index (χ3n) is 7.53. The molecule has 0 saturated heterocycles. The molecule has 0 spiro atoms. The number of H-pyrrole nitrogens is 1. The minimum Gasteiger partial charge on any atom is -0.508 e. The fraction of sp³-hybridized carbons (Fsp3) is 0.300. The molecular formula is C30H31ClN2O6. The molecular weight excluding hydrogens is 520 g/mol. The van der Waals surface area contributed by atoms with E-state index in [1.165, 1.54) is 0 Å². The van der Waals surface area contributed by atoms with Crippen molar-refractivity contribution in [3.63, 3.8) is 0 Å². The number of aromatic nitrogens is 1. The first-order valence-corrected chi connectivity index (χ1v) is 13.3. The van der Waals surface area contributed by atoms with Crippen LogP contribution in [0.4, 0.5) is 4.79 Å². The van der Waals surface area contributed by atoms with Gasteiger partial charge in [-0.25, -0.2) is 4.79 Å². The molecule has 1 unspecified atom stereocenters. The summed E-state index contributed by atoms with van der Waals surface area (Å²) in [6.45, 7) is 2.13. The van der Waals surface area contributed by atoms with Gasteiger partial charge in [-0.3, -0.25) is 4.90 Å². The van der Waals surface area contributed by atoms with Crippen LogP contribution in [0.2, 0.25) is 5.02 Å². The predicted molar refractivity (Wildman–Crippen MR) is 149 cm³/mol. The molecule has 1 aromatic heterocycles. The van der Waals surface area contributed by atoms with Crippen molar-refractivity contribution in [2.75, 3.05) is 26.4 Å². The van der Waals surface area contributed by atoms with Gasteiger partial charge < -0.3 is 29.8 Å². The maximum absolute atomic E-state index is 13.4. The number of aliphatic hydroxyl groups is 2. The second-order valence-corrected chi connectivity index (χ2v) is 10.4. The van der Waals surface area contributed by atoms with Gasteiger partial charge in [0.1, 0.15) is 23.3 Å². The van der Waals surface area contributed by atoms with Crippen molar-refractivity contribution in [1.82, 2.24) is 9.88 Å². The average molecular weight is 551 g/mol. The Hall–Kier alpha value is -3.72. The van der Waals surface area contributed by atoms with E-state index in [-0.39, 0.29) is 25.6 Å². The number of fused-ring (bicyclic) bond motifs is 3. The Kier molecular flexibility index (Phi) is 7.70. The molecule has 0 saturated carbocycles. The molecule has 204 valence electrons. The van der Waals surface area contributed by atoms with E-state index in [1.807, 2.05) is 37.3 Å². The van der Waals surface area contributed by atoms with Gasteiger partial charge in [0.15, 0.2) is 0 Å². The zero-order valence-corrected chi connectivity index (χ0v) is 22.3. The quantitative estimate of drug-likeness (QED) is 0.232. The summed E-state index contributed by atoms with van der Waals surface area (Å²) >= 11 is 5.98. The van der Waals surface area contributed by atoms with Crippen molar-refractivity contribution in [2.45, 2.75) is 25.8 Å². The van der Waals surface area contributed by atoms with Crippen LogP contribution in [0.5, 0.6) is 17.2 Å².